The average molecular weight is 457 g/mol. The first-order chi connectivity index (χ1) is 15.2. The minimum absolute atomic E-state index is 0.0756. The van der Waals surface area contributed by atoms with E-state index in [0.29, 0.717) is 0 Å². The molecule has 7 heteroatoms. The minimum Gasteiger partial charge on any atom is -0.462 e. The van der Waals surface area contributed by atoms with Crippen molar-refractivity contribution in [2.45, 2.75) is 63.3 Å². The lowest BCUT2D eigenvalue weighted by Gasteiger charge is -2.44. The zero-order valence-corrected chi connectivity index (χ0v) is 20.1. The van der Waals surface area contributed by atoms with Gasteiger partial charge in [0, 0.05) is 6.42 Å². The number of hydrogen-bond acceptors (Lipinski definition) is 6. The number of carbonyl (C=O) groups is 1. The molecule has 4 rings (SSSR count). The SMILES string of the molecule is CCOC(=O)[C@]12C[C@H](O)[C@H](O1)[C@H](CO[Si](c1ccccc1)(c1ccccc1)C(C)(C)C)O2. The fraction of sp³-hybridized carbons (Fsp3) is 0.480. The number of carbonyl (C=O) groups excluding carboxylic acids is 1. The molecule has 0 unspecified atom stereocenters. The molecule has 0 amide bonds. The van der Waals surface area contributed by atoms with Crippen LogP contribution in [0.4, 0.5) is 0 Å². The van der Waals surface area contributed by atoms with Crippen molar-refractivity contribution in [3.05, 3.63) is 60.7 Å². The summed E-state index contributed by atoms with van der Waals surface area (Å²) in [6, 6.07) is 20.6. The lowest BCUT2D eigenvalue weighted by molar-refractivity contribution is -0.209. The third-order valence-corrected chi connectivity index (χ3v) is 11.4. The monoisotopic (exact) mass is 456 g/mol. The molecule has 6 nitrogen and oxygen atoms in total. The lowest BCUT2D eigenvalue weighted by Crippen LogP contribution is -2.67. The Morgan fingerprint density at radius 3 is 2.12 bits per heavy atom. The van der Waals surface area contributed by atoms with Gasteiger partial charge in [0.2, 0.25) is 0 Å². The molecule has 4 atom stereocenters. The normalized spacial score (nSPS) is 27.5. The maximum atomic E-state index is 12.5. The highest BCUT2D eigenvalue weighted by atomic mass is 28.4. The van der Waals surface area contributed by atoms with Gasteiger partial charge >= 0.3 is 5.97 Å². The number of aliphatic hydroxyl groups excluding tert-OH is 1. The highest BCUT2D eigenvalue weighted by Crippen LogP contribution is 2.44. The largest absolute Gasteiger partial charge is 0.462 e. The number of esters is 1. The van der Waals surface area contributed by atoms with Crippen LogP contribution in [0.15, 0.2) is 60.7 Å². The third-order valence-electron chi connectivity index (χ3n) is 6.36. The topological polar surface area (TPSA) is 74.2 Å². The molecule has 172 valence electrons. The van der Waals surface area contributed by atoms with Crippen molar-refractivity contribution in [3.8, 4) is 0 Å². The van der Waals surface area contributed by atoms with Crippen molar-refractivity contribution in [2.75, 3.05) is 13.2 Å². The summed E-state index contributed by atoms with van der Waals surface area (Å²) in [5, 5.41) is 12.7. The average Bonchev–Trinajstić information content (AvgIpc) is 3.31. The van der Waals surface area contributed by atoms with Crippen LogP contribution in [0.2, 0.25) is 5.04 Å². The Bertz CT molecular complexity index is 889. The summed E-state index contributed by atoms with van der Waals surface area (Å²) in [5.74, 6) is -2.13. The van der Waals surface area contributed by atoms with Crippen LogP contribution in [0, 0.1) is 0 Å². The van der Waals surface area contributed by atoms with Gasteiger partial charge in [-0.15, -0.1) is 0 Å². The van der Waals surface area contributed by atoms with E-state index in [1.54, 1.807) is 6.92 Å². The van der Waals surface area contributed by atoms with Crippen LogP contribution in [-0.2, 0) is 23.4 Å². The number of ether oxygens (including phenoxy) is 3. The predicted molar refractivity (Wildman–Crippen MR) is 123 cm³/mol. The quantitative estimate of drug-likeness (QED) is 0.509. The molecule has 2 fully saturated rings. The van der Waals surface area contributed by atoms with Gasteiger partial charge in [-0.3, -0.25) is 0 Å². The van der Waals surface area contributed by atoms with E-state index >= 15 is 0 Å². The zero-order valence-electron chi connectivity index (χ0n) is 19.1. The second-order valence-electron chi connectivity index (χ2n) is 9.46. The first-order valence-electron chi connectivity index (χ1n) is 11.2. The van der Waals surface area contributed by atoms with Gasteiger partial charge in [0.05, 0.1) is 19.3 Å². The van der Waals surface area contributed by atoms with Crippen LogP contribution in [0.3, 0.4) is 0 Å². The Kier molecular flexibility index (Phi) is 6.31. The first kappa shape index (κ1) is 23.1. The van der Waals surface area contributed by atoms with Crippen LogP contribution >= 0.6 is 0 Å². The Hall–Kier alpha value is -2.03. The molecule has 2 aromatic carbocycles. The van der Waals surface area contributed by atoms with Gasteiger partial charge in [0.15, 0.2) is 0 Å². The molecule has 0 spiro atoms. The highest BCUT2D eigenvalue weighted by Gasteiger charge is 2.64. The number of rotatable bonds is 7. The molecule has 2 aliphatic rings. The molecule has 32 heavy (non-hydrogen) atoms. The second kappa shape index (κ2) is 8.72. The van der Waals surface area contributed by atoms with Crippen molar-refractivity contribution >= 4 is 24.7 Å². The summed E-state index contributed by atoms with van der Waals surface area (Å²) in [7, 11) is -2.77. The summed E-state index contributed by atoms with van der Waals surface area (Å²) in [4.78, 5) is 12.5. The van der Waals surface area contributed by atoms with Crippen LogP contribution in [0.5, 0.6) is 0 Å². The summed E-state index contributed by atoms with van der Waals surface area (Å²) < 4.78 is 24.0. The fourth-order valence-corrected chi connectivity index (χ4v) is 9.54. The van der Waals surface area contributed by atoms with E-state index in [2.05, 4.69) is 45.0 Å². The van der Waals surface area contributed by atoms with Gasteiger partial charge in [-0.1, -0.05) is 81.4 Å². The first-order valence-corrected chi connectivity index (χ1v) is 13.1. The molecule has 2 aromatic rings. The van der Waals surface area contributed by atoms with Crippen molar-refractivity contribution in [1.82, 2.24) is 0 Å². The number of fused-ring (bicyclic) bond motifs is 2. The summed E-state index contributed by atoms with van der Waals surface area (Å²) in [6.45, 7) is 8.76. The molecule has 0 aromatic heterocycles. The standard InChI is InChI=1S/C25H32O6Si/c1-5-28-23(27)25-16-20(26)22(31-25)21(30-25)17-29-32(24(2,3)4,18-12-8-6-9-13-18)19-14-10-7-11-15-19/h6-15,20-22,26H,5,16-17H2,1-4H3/t20-,21-,22-,25-/m0/s1. The van der Waals surface area contributed by atoms with Gasteiger partial charge in [-0.25, -0.2) is 4.79 Å². The molecular weight excluding hydrogens is 424 g/mol. The van der Waals surface area contributed by atoms with E-state index in [9.17, 15) is 9.90 Å². The fourth-order valence-electron chi connectivity index (χ4n) is 4.97. The number of hydrogen-bond donors (Lipinski definition) is 1. The van der Waals surface area contributed by atoms with Gasteiger partial charge < -0.3 is 23.7 Å². The van der Waals surface area contributed by atoms with Crippen LogP contribution < -0.4 is 10.4 Å². The second-order valence-corrected chi connectivity index (χ2v) is 13.8. The third kappa shape index (κ3) is 3.82. The van der Waals surface area contributed by atoms with Crippen molar-refractivity contribution in [3.63, 3.8) is 0 Å². The van der Waals surface area contributed by atoms with Gasteiger partial charge in [0.1, 0.15) is 12.2 Å². The Morgan fingerprint density at radius 1 is 1.06 bits per heavy atom. The van der Waals surface area contributed by atoms with Gasteiger partial charge in [-0.2, -0.15) is 0 Å². The molecule has 2 aliphatic heterocycles. The molecule has 0 saturated carbocycles. The number of benzene rings is 2. The van der Waals surface area contributed by atoms with Gasteiger partial charge in [0.25, 0.3) is 14.1 Å². The lowest BCUT2D eigenvalue weighted by atomic mass is 10.0. The summed E-state index contributed by atoms with van der Waals surface area (Å²) in [5.41, 5.74) is 0. The maximum Gasteiger partial charge on any atom is 0.366 e. The Balaban J connectivity index is 1.67. The number of aliphatic hydroxyl groups is 1. The minimum atomic E-state index is -2.77. The summed E-state index contributed by atoms with van der Waals surface area (Å²) in [6.07, 6.45) is -1.92. The van der Waals surface area contributed by atoms with Crippen LogP contribution in [0.25, 0.3) is 0 Å². The maximum absolute atomic E-state index is 12.5. The van der Waals surface area contributed by atoms with Crippen LogP contribution in [0.1, 0.15) is 34.1 Å². The molecule has 2 saturated heterocycles. The van der Waals surface area contributed by atoms with E-state index in [0.717, 1.165) is 10.4 Å². The van der Waals surface area contributed by atoms with E-state index in [1.165, 1.54) is 0 Å². The highest BCUT2D eigenvalue weighted by molar-refractivity contribution is 6.99. The molecule has 2 bridgehead atoms. The molecule has 2 heterocycles. The van der Waals surface area contributed by atoms with Crippen molar-refractivity contribution < 1.29 is 28.5 Å². The van der Waals surface area contributed by atoms with E-state index in [-0.39, 0.29) is 24.7 Å². The summed E-state index contributed by atoms with van der Waals surface area (Å²) >= 11 is 0. The predicted octanol–water partition coefficient (Wildman–Crippen LogP) is 2.37. The smallest absolute Gasteiger partial charge is 0.366 e. The molecule has 0 aliphatic carbocycles. The van der Waals surface area contributed by atoms with Crippen molar-refractivity contribution in [1.29, 1.82) is 0 Å². The van der Waals surface area contributed by atoms with E-state index in [4.69, 9.17) is 18.6 Å². The molecule has 0 radical (unpaired) electrons. The molecular formula is C25H32O6Si. The van der Waals surface area contributed by atoms with Crippen molar-refractivity contribution in [2.24, 2.45) is 0 Å². The van der Waals surface area contributed by atoms with Crippen LogP contribution in [-0.4, -0.2) is 56.7 Å². The Labute approximate surface area is 190 Å². The molecule has 1 N–H and O–H groups in total. The van der Waals surface area contributed by atoms with E-state index < -0.39 is 38.4 Å². The zero-order chi connectivity index (χ0) is 23.0. The van der Waals surface area contributed by atoms with E-state index in [1.807, 2.05) is 36.4 Å². The Morgan fingerprint density at radius 2 is 1.62 bits per heavy atom. The van der Waals surface area contributed by atoms with Gasteiger partial charge in [-0.05, 0) is 22.3 Å².